The minimum absolute atomic E-state index is 0.791. The molecule has 0 aliphatic carbocycles. The molecule has 0 saturated carbocycles. The summed E-state index contributed by atoms with van der Waals surface area (Å²) >= 11 is 5.84. The molecule has 1 aromatic carbocycles. The van der Waals surface area contributed by atoms with Crippen molar-refractivity contribution in [2.45, 2.75) is 25.8 Å². The molecule has 1 heterocycles. The van der Waals surface area contributed by atoms with Gasteiger partial charge in [-0.25, -0.2) is 4.98 Å². The first-order chi connectivity index (χ1) is 9.34. The van der Waals surface area contributed by atoms with Crippen LogP contribution in [-0.2, 0) is 17.7 Å². The molecule has 0 fully saturated rings. The van der Waals surface area contributed by atoms with Crippen LogP contribution in [0.15, 0.2) is 43.0 Å². The molecule has 102 valence electrons. The number of nitrogens with zero attached hydrogens (tertiary/aromatic N) is 2. The van der Waals surface area contributed by atoms with Gasteiger partial charge >= 0.3 is 0 Å². The fourth-order valence-corrected chi connectivity index (χ4v) is 2.03. The second kappa shape index (κ2) is 7.97. The predicted molar refractivity (Wildman–Crippen MR) is 77.4 cm³/mol. The van der Waals surface area contributed by atoms with Gasteiger partial charge in [-0.05, 0) is 37.0 Å². The Balaban J connectivity index is 1.49. The molecule has 0 aliphatic rings. The first-order valence-electron chi connectivity index (χ1n) is 6.62. The standard InChI is InChI=1S/C15H19ClN2O/c16-15-6-4-14(5-7-15)3-1-11-19-12-2-9-18-10-8-17-13-18/h4-8,10,13H,1-3,9,11-12H2. The highest BCUT2D eigenvalue weighted by Crippen LogP contribution is 2.10. The van der Waals surface area contributed by atoms with Crippen molar-refractivity contribution in [3.63, 3.8) is 0 Å². The van der Waals surface area contributed by atoms with Crippen LogP contribution in [0.2, 0.25) is 5.02 Å². The summed E-state index contributed by atoms with van der Waals surface area (Å²) in [7, 11) is 0. The summed E-state index contributed by atoms with van der Waals surface area (Å²) in [6.45, 7) is 2.59. The zero-order valence-corrected chi connectivity index (χ0v) is 11.7. The Morgan fingerprint density at radius 1 is 1.11 bits per heavy atom. The van der Waals surface area contributed by atoms with E-state index in [9.17, 15) is 0 Å². The Morgan fingerprint density at radius 3 is 2.63 bits per heavy atom. The van der Waals surface area contributed by atoms with Gasteiger partial charge in [0.2, 0.25) is 0 Å². The molecule has 0 atom stereocenters. The molecule has 0 bridgehead atoms. The summed E-state index contributed by atoms with van der Waals surface area (Å²) < 4.78 is 7.68. The van der Waals surface area contributed by atoms with Gasteiger partial charge in [-0.15, -0.1) is 0 Å². The van der Waals surface area contributed by atoms with Crippen LogP contribution in [0.25, 0.3) is 0 Å². The molecule has 3 nitrogen and oxygen atoms in total. The molecule has 0 saturated heterocycles. The van der Waals surface area contributed by atoms with Gasteiger partial charge in [0.25, 0.3) is 0 Å². The van der Waals surface area contributed by atoms with Crippen LogP contribution in [0.3, 0.4) is 0 Å². The average Bonchev–Trinajstić information content (AvgIpc) is 2.93. The normalized spacial score (nSPS) is 10.8. The monoisotopic (exact) mass is 278 g/mol. The van der Waals surface area contributed by atoms with Gasteiger partial charge in [-0.1, -0.05) is 23.7 Å². The molecule has 19 heavy (non-hydrogen) atoms. The Hall–Kier alpha value is -1.32. The maximum absolute atomic E-state index is 5.84. The molecule has 2 rings (SSSR count). The summed E-state index contributed by atoms with van der Waals surface area (Å²) in [5.74, 6) is 0. The smallest absolute Gasteiger partial charge is 0.0945 e. The number of hydrogen-bond donors (Lipinski definition) is 0. The van der Waals surface area contributed by atoms with Gasteiger partial charge in [0.1, 0.15) is 0 Å². The lowest BCUT2D eigenvalue weighted by Gasteiger charge is -2.05. The van der Waals surface area contributed by atoms with E-state index in [-0.39, 0.29) is 0 Å². The van der Waals surface area contributed by atoms with Crippen LogP contribution in [0.5, 0.6) is 0 Å². The van der Waals surface area contributed by atoms with Crippen LogP contribution >= 0.6 is 11.6 Å². The van der Waals surface area contributed by atoms with Crippen molar-refractivity contribution in [1.82, 2.24) is 9.55 Å². The molecule has 0 spiro atoms. The lowest BCUT2D eigenvalue weighted by Crippen LogP contribution is -2.02. The molecular weight excluding hydrogens is 260 g/mol. The van der Waals surface area contributed by atoms with Crippen molar-refractivity contribution in [1.29, 1.82) is 0 Å². The van der Waals surface area contributed by atoms with Crippen molar-refractivity contribution in [3.8, 4) is 0 Å². The Morgan fingerprint density at radius 2 is 1.89 bits per heavy atom. The van der Waals surface area contributed by atoms with E-state index in [1.165, 1.54) is 5.56 Å². The third kappa shape index (κ3) is 5.45. The first-order valence-corrected chi connectivity index (χ1v) is 7.00. The lowest BCUT2D eigenvalue weighted by atomic mass is 10.1. The van der Waals surface area contributed by atoms with E-state index in [1.807, 2.05) is 24.7 Å². The van der Waals surface area contributed by atoms with Gasteiger partial charge in [0.05, 0.1) is 6.33 Å². The SMILES string of the molecule is Clc1ccc(CCCOCCCn2ccnc2)cc1. The Kier molecular flexibility index (Phi) is 5.92. The third-order valence-electron chi connectivity index (χ3n) is 2.93. The summed E-state index contributed by atoms with van der Waals surface area (Å²) in [5.41, 5.74) is 1.31. The van der Waals surface area contributed by atoms with Crippen LogP contribution in [0.1, 0.15) is 18.4 Å². The third-order valence-corrected chi connectivity index (χ3v) is 3.18. The number of hydrogen-bond acceptors (Lipinski definition) is 2. The van der Waals surface area contributed by atoms with E-state index in [1.54, 1.807) is 6.20 Å². The van der Waals surface area contributed by atoms with Gasteiger partial charge in [-0.2, -0.15) is 0 Å². The quantitative estimate of drug-likeness (QED) is 0.690. The predicted octanol–water partition coefficient (Wildman–Crippen LogP) is 3.58. The second-order valence-electron chi connectivity index (χ2n) is 4.50. The van der Waals surface area contributed by atoms with Crippen molar-refractivity contribution < 1.29 is 4.74 Å². The zero-order valence-electron chi connectivity index (χ0n) is 11.0. The van der Waals surface area contributed by atoms with Crippen LogP contribution in [0.4, 0.5) is 0 Å². The largest absolute Gasteiger partial charge is 0.381 e. The number of ether oxygens (including phenoxy) is 1. The summed E-state index contributed by atoms with van der Waals surface area (Å²) in [6, 6.07) is 8.01. The van der Waals surface area contributed by atoms with Gasteiger partial charge in [0.15, 0.2) is 0 Å². The van der Waals surface area contributed by atoms with Crippen LogP contribution < -0.4 is 0 Å². The summed E-state index contributed by atoms with van der Waals surface area (Å²) in [4.78, 5) is 4.00. The molecule has 1 aromatic heterocycles. The summed E-state index contributed by atoms with van der Waals surface area (Å²) in [5, 5.41) is 0.791. The van der Waals surface area contributed by atoms with E-state index in [0.29, 0.717) is 0 Å². The fraction of sp³-hybridized carbons (Fsp3) is 0.400. The minimum atomic E-state index is 0.791. The van der Waals surface area contributed by atoms with Crippen LogP contribution in [0, 0.1) is 0 Å². The molecule has 0 radical (unpaired) electrons. The fourth-order valence-electron chi connectivity index (χ4n) is 1.90. The summed E-state index contributed by atoms with van der Waals surface area (Å²) in [6.07, 6.45) is 8.72. The highest BCUT2D eigenvalue weighted by atomic mass is 35.5. The highest BCUT2D eigenvalue weighted by molar-refractivity contribution is 6.30. The van der Waals surface area contributed by atoms with E-state index in [0.717, 1.165) is 44.0 Å². The van der Waals surface area contributed by atoms with Crippen LogP contribution in [-0.4, -0.2) is 22.8 Å². The number of rotatable bonds is 8. The highest BCUT2D eigenvalue weighted by Gasteiger charge is 1.95. The maximum Gasteiger partial charge on any atom is 0.0945 e. The van der Waals surface area contributed by atoms with Gasteiger partial charge in [-0.3, -0.25) is 0 Å². The molecule has 4 heteroatoms. The number of halogens is 1. The topological polar surface area (TPSA) is 27.1 Å². The van der Waals surface area contributed by atoms with E-state index < -0.39 is 0 Å². The minimum Gasteiger partial charge on any atom is -0.381 e. The molecule has 0 N–H and O–H groups in total. The molecule has 0 aliphatic heterocycles. The van der Waals surface area contributed by atoms with Gasteiger partial charge < -0.3 is 9.30 Å². The van der Waals surface area contributed by atoms with Crippen molar-refractivity contribution in [2.24, 2.45) is 0 Å². The number of aromatic nitrogens is 2. The van der Waals surface area contributed by atoms with E-state index in [2.05, 4.69) is 21.7 Å². The molecule has 2 aromatic rings. The number of aryl methyl sites for hydroxylation is 2. The Labute approximate surface area is 119 Å². The van der Waals surface area contributed by atoms with Crippen molar-refractivity contribution >= 4 is 11.6 Å². The molecule has 0 amide bonds. The van der Waals surface area contributed by atoms with E-state index >= 15 is 0 Å². The molecular formula is C15H19ClN2O. The first kappa shape index (κ1) is 14.1. The van der Waals surface area contributed by atoms with Gasteiger partial charge in [0, 0.05) is 37.2 Å². The number of imidazole rings is 1. The maximum atomic E-state index is 5.84. The van der Waals surface area contributed by atoms with Crippen molar-refractivity contribution in [3.05, 3.63) is 53.6 Å². The van der Waals surface area contributed by atoms with Crippen molar-refractivity contribution in [2.75, 3.05) is 13.2 Å². The Bertz CT molecular complexity index is 454. The average molecular weight is 279 g/mol. The zero-order chi connectivity index (χ0) is 13.3. The lowest BCUT2D eigenvalue weighted by molar-refractivity contribution is 0.126. The molecule has 0 unspecified atom stereocenters. The number of benzene rings is 1. The second-order valence-corrected chi connectivity index (χ2v) is 4.93. The van der Waals surface area contributed by atoms with E-state index in [4.69, 9.17) is 16.3 Å².